The second kappa shape index (κ2) is 53.8. The van der Waals surface area contributed by atoms with Crippen molar-refractivity contribution in [1.82, 2.24) is 52.3 Å². The Balaban J connectivity index is 5.18. The SMILES string of the molecule is CC(=O)SCC(=O)NCCCCCC(=O)NCCN(CCNC(=O)CCCCCNC(=O)CSC(C)=O)C(=O)OCCOCCOC(=O)N(CCNC(=O)CCCCCNC(=O)CSC(C)=O)CCNC(=O)CCCCCNC(=O)CSC(C)=O. The number of hydrogen-bond acceptors (Lipinski definition) is 21. The van der Waals surface area contributed by atoms with E-state index in [-0.39, 0.29) is 195 Å². The molecule has 0 aromatic heterocycles. The molecule has 0 aliphatic carbocycles. The Kier molecular flexibility index (Phi) is 50.2. The summed E-state index contributed by atoms with van der Waals surface area (Å²) in [6.45, 7) is 7.32. The standard InChI is InChI=1S/C54H92N10O17S4/c1-41(65)82-37-49(73)55-21-13-5-9-17-45(69)59-25-29-63(30-26-60-46(70)18-10-6-14-22-56-50(74)38-83-42(2)66)53(77)80-35-33-79-34-36-81-54(78)64(31-27-61-47(71)19-11-7-15-23-57-51(75)39-84-43(3)67)32-28-62-48(72)20-12-8-16-24-58-52(76)40-85-44(4)68/h5-40H2,1-4H3,(H,55,73)(H,56,74)(H,57,75)(H,58,76)(H,59,69)(H,60,70)(H,61,71)(H,62,72). The predicted octanol–water partition coefficient (Wildman–Crippen LogP) is 2.17. The fraction of sp³-hybridized carbons (Fsp3) is 0.741. The number of unbranched alkanes of at least 4 members (excludes halogenated alkanes) is 8. The van der Waals surface area contributed by atoms with Gasteiger partial charge in [-0.1, -0.05) is 72.7 Å². The topological polar surface area (TPSA) is 369 Å². The molecule has 27 nitrogen and oxygen atoms in total. The molecule has 0 fully saturated rings. The third-order valence-electron chi connectivity index (χ3n) is 11.5. The Morgan fingerprint density at radius 2 is 0.506 bits per heavy atom. The van der Waals surface area contributed by atoms with Crippen LogP contribution in [-0.2, 0) is 71.7 Å². The molecule has 0 aromatic rings. The number of rotatable bonds is 50. The molecule has 0 rings (SSSR count). The first-order valence-corrected chi connectivity index (χ1v) is 32.7. The van der Waals surface area contributed by atoms with E-state index < -0.39 is 12.2 Å². The van der Waals surface area contributed by atoms with Crippen LogP contribution >= 0.6 is 47.0 Å². The van der Waals surface area contributed by atoms with Gasteiger partial charge in [-0.2, -0.15) is 0 Å². The van der Waals surface area contributed by atoms with Crippen molar-refractivity contribution < 1.29 is 81.3 Å². The molecule has 0 radical (unpaired) electrons. The van der Waals surface area contributed by atoms with E-state index >= 15 is 0 Å². The van der Waals surface area contributed by atoms with Crippen molar-refractivity contribution in [1.29, 1.82) is 0 Å². The Hall–Kier alpha value is -5.66. The molecule has 0 aliphatic heterocycles. The van der Waals surface area contributed by atoms with Crippen molar-refractivity contribution in [3.05, 3.63) is 0 Å². The van der Waals surface area contributed by atoms with Gasteiger partial charge in [0, 0.05) is 132 Å². The van der Waals surface area contributed by atoms with E-state index in [1.165, 1.54) is 37.5 Å². The van der Waals surface area contributed by atoms with Crippen molar-refractivity contribution in [2.45, 2.75) is 130 Å². The molecule has 0 heterocycles. The molecule has 0 saturated heterocycles. The zero-order chi connectivity index (χ0) is 63.3. The quantitative estimate of drug-likeness (QED) is 0.0405. The zero-order valence-corrected chi connectivity index (χ0v) is 53.2. The van der Waals surface area contributed by atoms with Crippen LogP contribution in [0.4, 0.5) is 9.59 Å². The van der Waals surface area contributed by atoms with Gasteiger partial charge in [0.05, 0.1) is 36.2 Å². The summed E-state index contributed by atoms with van der Waals surface area (Å²) >= 11 is 3.72. The average Bonchev–Trinajstić information content (AvgIpc) is 3.45. The van der Waals surface area contributed by atoms with Crippen LogP contribution in [0.3, 0.4) is 0 Å². The summed E-state index contributed by atoms with van der Waals surface area (Å²) in [7, 11) is 0. The van der Waals surface area contributed by atoms with Gasteiger partial charge in [-0.15, -0.1) is 0 Å². The molecule has 10 amide bonds. The van der Waals surface area contributed by atoms with E-state index in [2.05, 4.69) is 42.5 Å². The van der Waals surface area contributed by atoms with Crippen molar-refractivity contribution in [3.8, 4) is 0 Å². The fourth-order valence-electron chi connectivity index (χ4n) is 7.06. The van der Waals surface area contributed by atoms with Crippen molar-refractivity contribution >= 4 is 127 Å². The van der Waals surface area contributed by atoms with Gasteiger partial charge in [-0.25, -0.2) is 9.59 Å². The fourth-order valence-corrected chi connectivity index (χ4v) is 8.80. The number of nitrogens with one attached hydrogen (secondary N) is 8. The molecule has 0 atom stereocenters. The summed E-state index contributed by atoms with van der Waals surface area (Å²) in [6, 6.07) is 0. The summed E-state index contributed by atoms with van der Waals surface area (Å²) in [6.07, 6.45) is 6.96. The highest BCUT2D eigenvalue weighted by Crippen LogP contribution is 2.07. The number of amides is 10. The lowest BCUT2D eigenvalue weighted by Gasteiger charge is -2.23. The molecule has 0 spiro atoms. The molecule has 0 aromatic carbocycles. The Morgan fingerprint density at radius 3 is 0.729 bits per heavy atom. The van der Waals surface area contributed by atoms with E-state index in [9.17, 15) is 67.1 Å². The van der Waals surface area contributed by atoms with Gasteiger partial charge < -0.3 is 66.5 Å². The highest BCUT2D eigenvalue weighted by atomic mass is 32.2. The highest BCUT2D eigenvalue weighted by Gasteiger charge is 2.18. The van der Waals surface area contributed by atoms with Crippen LogP contribution in [-0.4, -0.2) is 218 Å². The van der Waals surface area contributed by atoms with Crippen LogP contribution in [0, 0.1) is 0 Å². The third kappa shape index (κ3) is 53.5. The number of thioether (sulfide) groups is 4. The number of carbonyl (C=O) groups is 14. The maximum atomic E-state index is 13.2. The lowest BCUT2D eigenvalue weighted by atomic mass is 10.2. The maximum Gasteiger partial charge on any atom is 0.409 e. The number of ether oxygens (including phenoxy) is 3. The molecule has 31 heteroatoms. The van der Waals surface area contributed by atoms with Crippen LogP contribution in [0.25, 0.3) is 0 Å². The summed E-state index contributed by atoms with van der Waals surface area (Å²) < 4.78 is 16.4. The molecule has 8 N–H and O–H groups in total. The maximum absolute atomic E-state index is 13.2. The molecule has 0 saturated carbocycles. The minimum atomic E-state index is -0.730. The summed E-state index contributed by atoms with van der Waals surface area (Å²) in [5.41, 5.74) is 0. The van der Waals surface area contributed by atoms with Gasteiger partial charge in [-0.3, -0.25) is 57.5 Å². The number of nitrogens with zero attached hydrogens (tertiary/aromatic N) is 2. The second-order valence-corrected chi connectivity index (χ2v) is 23.6. The first-order valence-electron chi connectivity index (χ1n) is 28.8. The minimum Gasteiger partial charge on any atom is -0.447 e. The highest BCUT2D eigenvalue weighted by molar-refractivity contribution is 8.14. The monoisotopic (exact) mass is 1280 g/mol. The molecule has 0 unspecified atom stereocenters. The Morgan fingerprint density at radius 1 is 0.282 bits per heavy atom. The first-order chi connectivity index (χ1) is 40.7. The minimum absolute atomic E-state index is 0.0542. The van der Waals surface area contributed by atoms with Crippen LogP contribution in [0.15, 0.2) is 0 Å². The van der Waals surface area contributed by atoms with E-state index in [1.54, 1.807) is 0 Å². The van der Waals surface area contributed by atoms with Gasteiger partial charge in [0.15, 0.2) is 20.5 Å². The molecular formula is C54H92N10O17S4. The van der Waals surface area contributed by atoms with Crippen molar-refractivity contribution in [3.63, 3.8) is 0 Å². The van der Waals surface area contributed by atoms with Gasteiger partial charge in [0.25, 0.3) is 0 Å². The smallest absolute Gasteiger partial charge is 0.409 e. The van der Waals surface area contributed by atoms with E-state index in [0.717, 1.165) is 47.0 Å². The van der Waals surface area contributed by atoms with E-state index in [0.29, 0.717) is 103 Å². The van der Waals surface area contributed by atoms with Gasteiger partial charge >= 0.3 is 12.2 Å². The molecular weight excluding hydrogens is 1190 g/mol. The summed E-state index contributed by atoms with van der Waals surface area (Å²) in [5.74, 6) is -1.68. The van der Waals surface area contributed by atoms with E-state index in [1.807, 2.05) is 0 Å². The lowest BCUT2D eigenvalue weighted by Crippen LogP contribution is -2.43. The van der Waals surface area contributed by atoms with E-state index in [4.69, 9.17) is 14.2 Å². The lowest BCUT2D eigenvalue weighted by molar-refractivity contribution is -0.122. The van der Waals surface area contributed by atoms with Gasteiger partial charge in [0.1, 0.15) is 13.2 Å². The van der Waals surface area contributed by atoms with Gasteiger partial charge in [0.2, 0.25) is 47.3 Å². The molecule has 484 valence electrons. The largest absolute Gasteiger partial charge is 0.447 e. The predicted molar refractivity (Wildman–Crippen MR) is 327 cm³/mol. The van der Waals surface area contributed by atoms with Crippen LogP contribution in [0.2, 0.25) is 0 Å². The van der Waals surface area contributed by atoms with Crippen LogP contribution < -0.4 is 42.5 Å². The molecule has 85 heavy (non-hydrogen) atoms. The van der Waals surface area contributed by atoms with Crippen molar-refractivity contribution in [2.24, 2.45) is 0 Å². The normalized spacial score (nSPS) is 10.6. The number of carbonyl (C=O) groups excluding carboxylic acids is 14. The van der Waals surface area contributed by atoms with Crippen LogP contribution in [0.1, 0.15) is 130 Å². The number of hydrogen-bond donors (Lipinski definition) is 8. The first kappa shape index (κ1) is 79.3. The molecule has 0 bridgehead atoms. The zero-order valence-electron chi connectivity index (χ0n) is 49.9. The van der Waals surface area contributed by atoms with Crippen molar-refractivity contribution in [2.75, 3.05) is 128 Å². The van der Waals surface area contributed by atoms with Crippen LogP contribution in [0.5, 0.6) is 0 Å². The Labute approximate surface area is 516 Å². The summed E-state index contributed by atoms with van der Waals surface area (Å²) in [4.78, 5) is 171. The summed E-state index contributed by atoms with van der Waals surface area (Å²) in [5, 5.41) is 21.5. The second-order valence-electron chi connectivity index (χ2n) is 19.0. The van der Waals surface area contributed by atoms with Gasteiger partial charge in [-0.05, 0) is 51.4 Å². The Bertz CT molecular complexity index is 1820. The third-order valence-corrected chi connectivity index (χ3v) is 14.7. The average molecular weight is 1280 g/mol. The molecule has 0 aliphatic rings.